The maximum absolute atomic E-state index is 10.9. The number of carbonyl (C=O) groups is 1. The summed E-state index contributed by atoms with van der Waals surface area (Å²) in [7, 11) is 5.78. The molecule has 0 aliphatic carbocycles. The van der Waals surface area contributed by atoms with Gasteiger partial charge in [-0.15, -0.1) is 0 Å². The van der Waals surface area contributed by atoms with Crippen LogP contribution in [0.25, 0.3) is 10.8 Å². The van der Waals surface area contributed by atoms with E-state index >= 15 is 0 Å². The Bertz CT molecular complexity index is 544. The molecule has 0 aliphatic heterocycles. The summed E-state index contributed by atoms with van der Waals surface area (Å²) < 4.78 is 0. The molecule has 0 fully saturated rings. The third kappa shape index (κ3) is 1.96. The summed E-state index contributed by atoms with van der Waals surface area (Å²) in [6.07, 6.45) is 0.835. The molecule has 0 saturated carbocycles. The van der Waals surface area contributed by atoms with Crippen LogP contribution < -0.4 is 9.80 Å². The lowest BCUT2D eigenvalue weighted by Gasteiger charge is -2.20. The van der Waals surface area contributed by atoms with Gasteiger partial charge in [0.1, 0.15) is 0 Å². The molecule has 0 atom stereocenters. The average molecular weight is 228 g/mol. The lowest BCUT2D eigenvalue weighted by Crippen LogP contribution is -2.16. The molecule has 0 saturated heterocycles. The molecule has 0 unspecified atom stereocenters. The highest BCUT2D eigenvalue weighted by molar-refractivity contribution is 6.06. The second-order valence-corrected chi connectivity index (χ2v) is 4.26. The molecule has 1 amide bonds. The Hall–Kier alpha value is -2.03. The van der Waals surface area contributed by atoms with Crippen molar-refractivity contribution in [2.45, 2.75) is 0 Å². The molecule has 2 aromatic carbocycles. The van der Waals surface area contributed by atoms with Crippen molar-refractivity contribution in [2.75, 3.05) is 30.9 Å². The first-order valence-electron chi connectivity index (χ1n) is 5.52. The molecule has 2 aromatic rings. The highest BCUT2D eigenvalue weighted by Gasteiger charge is 2.10. The first-order valence-corrected chi connectivity index (χ1v) is 5.52. The zero-order valence-electron chi connectivity index (χ0n) is 10.3. The topological polar surface area (TPSA) is 23.6 Å². The second kappa shape index (κ2) is 4.45. The van der Waals surface area contributed by atoms with Crippen LogP contribution in [0.2, 0.25) is 0 Å². The number of nitrogens with zero attached hydrogens (tertiary/aromatic N) is 2. The summed E-state index contributed by atoms with van der Waals surface area (Å²) in [5.41, 5.74) is 2.05. The standard InChI is InChI=1S/C14H16N2O/c1-15(2)12-8-4-6-11-7-5-9-13(14(11)12)16(3)10-17/h4-10H,1-3H3. The van der Waals surface area contributed by atoms with Crippen LogP contribution in [0, 0.1) is 0 Å². The molecule has 0 aliphatic rings. The molecule has 0 aromatic heterocycles. The Morgan fingerprint density at radius 2 is 1.53 bits per heavy atom. The maximum atomic E-state index is 10.9. The van der Waals surface area contributed by atoms with Gasteiger partial charge in [-0.25, -0.2) is 0 Å². The Kier molecular flexibility index (Phi) is 3.00. The number of anilines is 2. The van der Waals surface area contributed by atoms with E-state index in [-0.39, 0.29) is 0 Å². The maximum Gasteiger partial charge on any atom is 0.213 e. The van der Waals surface area contributed by atoms with Crippen LogP contribution in [-0.4, -0.2) is 27.6 Å². The highest BCUT2D eigenvalue weighted by atomic mass is 16.1. The van der Waals surface area contributed by atoms with Gasteiger partial charge in [-0.05, 0) is 17.5 Å². The van der Waals surface area contributed by atoms with E-state index < -0.39 is 0 Å². The van der Waals surface area contributed by atoms with E-state index in [1.54, 1.807) is 11.9 Å². The molecular weight excluding hydrogens is 212 g/mol. The minimum atomic E-state index is 0.835. The predicted molar refractivity (Wildman–Crippen MR) is 72.7 cm³/mol. The zero-order valence-corrected chi connectivity index (χ0v) is 10.3. The van der Waals surface area contributed by atoms with Crippen molar-refractivity contribution in [2.24, 2.45) is 0 Å². The Morgan fingerprint density at radius 3 is 2.06 bits per heavy atom. The summed E-state index contributed by atoms with van der Waals surface area (Å²) in [5.74, 6) is 0. The van der Waals surface area contributed by atoms with Crippen molar-refractivity contribution in [1.82, 2.24) is 0 Å². The van der Waals surface area contributed by atoms with Crippen molar-refractivity contribution in [3.8, 4) is 0 Å². The van der Waals surface area contributed by atoms with Gasteiger partial charge in [0.05, 0.1) is 5.69 Å². The van der Waals surface area contributed by atoms with E-state index in [1.807, 2.05) is 32.3 Å². The number of hydrogen-bond acceptors (Lipinski definition) is 2. The molecule has 0 N–H and O–H groups in total. The van der Waals surface area contributed by atoms with Gasteiger partial charge in [-0.2, -0.15) is 0 Å². The number of hydrogen-bond donors (Lipinski definition) is 0. The molecule has 3 nitrogen and oxygen atoms in total. The largest absolute Gasteiger partial charge is 0.377 e. The van der Waals surface area contributed by atoms with Crippen LogP contribution in [0.15, 0.2) is 36.4 Å². The van der Waals surface area contributed by atoms with Gasteiger partial charge in [0.15, 0.2) is 0 Å². The Labute approximate surface area is 101 Å². The third-order valence-corrected chi connectivity index (χ3v) is 2.88. The average Bonchev–Trinajstić information content (AvgIpc) is 2.36. The minimum absolute atomic E-state index is 0.835. The third-order valence-electron chi connectivity index (χ3n) is 2.88. The van der Waals surface area contributed by atoms with E-state index in [1.165, 1.54) is 0 Å². The number of amides is 1. The lowest BCUT2D eigenvalue weighted by atomic mass is 10.1. The van der Waals surface area contributed by atoms with E-state index in [9.17, 15) is 4.79 Å². The van der Waals surface area contributed by atoms with Crippen molar-refractivity contribution in [3.05, 3.63) is 36.4 Å². The first-order chi connectivity index (χ1) is 8.15. The number of benzene rings is 2. The van der Waals surface area contributed by atoms with Gasteiger partial charge in [0.25, 0.3) is 0 Å². The molecule has 2 rings (SSSR count). The van der Waals surface area contributed by atoms with Gasteiger partial charge in [0.2, 0.25) is 6.41 Å². The molecule has 0 spiro atoms. The van der Waals surface area contributed by atoms with E-state index in [2.05, 4.69) is 23.1 Å². The van der Waals surface area contributed by atoms with E-state index in [0.717, 1.165) is 28.6 Å². The molecule has 0 radical (unpaired) electrons. The number of fused-ring (bicyclic) bond motifs is 1. The van der Waals surface area contributed by atoms with Crippen molar-refractivity contribution in [3.63, 3.8) is 0 Å². The van der Waals surface area contributed by atoms with Crippen LogP contribution in [0.3, 0.4) is 0 Å². The molecular formula is C14H16N2O. The summed E-state index contributed by atoms with van der Waals surface area (Å²) >= 11 is 0. The molecule has 17 heavy (non-hydrogen) atoms. The van der Waals surface area contributed by atoms with Crippen LogP contribution in [0.4, 0.5) is 11.4 Å². The summed E-state index contributed by atoms with van der Waals surface area (Å²) in [4.78, 5) is 14.6. The summed E-state index contributed by atoms with van der Waals surface area (Å²) in [5, 5.41) is 2.25. The van der Waals surface area contributed by atoms with E-state index in [0.29, 0.717) is 0 Å². The van der Waals surface area contributed by atoms with Gasteiger partial charge in [0, 0.05) is 32.2 Å². The quantitative estimate of drug-likeness (QED) is 0.753. The fraction of sp³-hybridized carbons (Fsp3) is 0.214. The normalized spacial score (nSPS) is 10.3. The first kappa shape index (κ1) is 11.5. The second-order valence-electron chi connectivity index (χ2n) is 4.26. The fourth-order valence-electron chi connectivity index (χ4n) is 2.03. The SMILES string of the molecule is CN(C)c1cccc2cccc(N(C)C=O)c12. The monoisotopic (exact) mass is 228 g/mol. The Balaban J connectivity index is 2.80. The van der Waals surface area contributed by atoms with Gasteiger partial charge >= 0.3 is 0 Å². The Morgan fingerprint density at radius 1 is 0.941 bits per heavy atom. The van der Waals surface area contributed by atoms with Gasteiger partial charge < -0.3 is 9.80 Å². The number of carbonyl (C=O) groups excluding carboxylic acids is 1. The van der Waals surface area contributed by atoms with Gasteiger partial charge in [-0.1, -0.05) is 24.3 Å². The highest BCUT2D eigenvalue weighted by Crippen LogP contribution is 2.33. The fourth-order valence-corrected chi connectivity index (χ4v) is 2.03. The van der Waals surface area contributed by atoms with Crippen LogP contribution >= 0.6 is 0 Å². The lowest BCUT2D eigenvalue weighted by molar-refractivity contribution is -0.107. The van der Waals surface area contributed by atoms with Gasteiger partial charge in [-0.3, -0.25) is 4.79 Å². The molecule has 88 valence electrons. The number of rotatable bonds is 3. The minimum Gasteiger partial charge on any atom is -0.377 e. The predicted octanol–water partition coefficient (Wildman–Crippen LogP) is 2.50. The van der Waals surface area contributed by atoms with Crippen LogP contribution in [0.1, 0.15) is 0 Å². The van der Waals surface area contributed by atoms with Crippen molar-refractivity contribution in [1.29, 1.82) is 0 Å². The summed E-state index contributed by atoms with van der Waals surface area (Å²) in [6, 6.07) is 12.1. The van der Waals surface area contributed by atoms with Crippen LogP contribution in [-0.2, 0) is 4.79 Å². The summed E-state index contributed by atoms with van der Waals surface area (Å²) in [6.45, 7) is 0. The van der Waals surface area contributed by atoms with E-state index in [4.69, 9.17) is 0 Å². The molecule has 3 heteroatoms. The smallest absolute Gasteiger partial charge is 0.213 e. The molecule has 0 bridgehead atoms. The van der Waals surface area contributed by atoms with Crippen molar-refractivity contribution >= 4 is 28.6 Å². The van der Waals surface area contributed by atoms with Crippen molar-refractivity contribution < 1.29 is 4.79 Å². The van der Waals surface area contributed by atoms with Crippen LogP contribution in [0.5, 0.6) is 0 Å². The molecule has 0 heterocycles. The zero-order chi connectivity index (χ0) is 12.4.